The second-order valence-corrected chi connectivity index (χ2v) is 5.06. The van der Waals surface area contributed by atoms with Crippen molar-refractivity contribution in [2.24, 2.45) is 17.8 Å². The molecule has 1 N–H and O–H groups in total. The van der Waals surface area contributed by atoms with Gasteiger partial charge in [-0.05, 0) is 24.7 Å². The van der Waals surface area contributed by atoms with Gasteiger partial charge in [0.1, 0.15) is 5.78 Å². The van der Waals surface area contributed by atoms with E-state index in [0.29, 0.717) is 12.3 Å². The first-order valence-corrected chi connectivity index (χ1v) is 6.29. The number of rotatable bonds is 6. The monoisotopic (exact) mass is 226 g/mol. The van der Waals surface area contributed by atoms with Gasteiger partial charge in [-0.1, -0.05) is 26.7 Å². The van der Waals surface area contributed by atoms with E-state index >= 15 is 0 Å². The quantitative estimate of drug-likeness (QED) is 0.757. The number of aliphatic carboxylic acids is 1. The molecule has 1 rings (SSSR count). The molecule has 0 heterocycles. The highest BCUT2D eigenvalue weighted by atomic mass is 16.4. The molecule has 16 heavy (non-hydrogen) atoms. The van der Waals surface area contributed by atoms with E-state index in [1.165, 1.54) is 0 Å². The summed E-state index contributed by atoms with van der Waals surface area (Å²) in [7, 11) is 0. The van der Waals surface area contributed by atoms with E-state index in [9.17, 15) is 9.59 Å². The molecule has 0 saturated heterocycles. The predicted octanol–water partition coefficient (Wildman–Crippen LogP) is 2.88. The molecule has 0 amide bonds. The second kappa shape index (κ2) is 6.02. The first kappa shape index (κ1) is 13.2. The van der Waals surface area contributed by atoms with Crippen LogP contribution in [0.5, 0.6) is 0 Å². The van der Waals surface area contributed by atoms with Gasteiger partial charge in [0.05, 0.1) is 0 Å². The van der Waals surface area contributed by atoms with Gasteiger partial charge in [0.15, 0.2) is 0 Å². The molecular formula is C13H22O3. The van der Waals surface area contributed by atoms with Crippen LogP contribution < -0.4 is 0 Å². The summed E-state index contributed by atoms with van der Waals surface area (Å²) in [6, 6.07) is 0. The largest absolute Gasteiger partial charge is 0.481 e. The van der Waals surface area contributed by atoms with Gasteiger partial charge in [-0.15, -0.1) is 0 Å². The summed E-state index contributed by atoms with van der Waals surface area (Å²) < 4.78 is 0. The normalized spacial score (nSPS) is 27.0. The van der Waals surface area contributed by atoms with E-state index in [2.05, 4.69) is 13.8 Å². The van der Waals surface area contributed by atoms with E-state index < -0.39 is 5.97 Å². The zero-order valence-electron chi connectivity index (χ0n) is 10.2. The standard InChI is InChI=1S/C13H22O3/c1-3-9(2)4-6-11-10(8-13(15)16)5-7-12(11)14/h9-11H,3-8H2,1-2H3,(H,15,16). The SMILES string of the molecule is CCC(C)CCC1C(=O)CCC1CC(=O)O. The lowest BCUT2D eigenvalue weighted by Crippen LogP contribution is -2.18. The van der Waals surface area contributed by atoms with Gasteiger partial charge >= 0.3 is 5.97 Å². The summed E-state index contributed by atoms with van der Waals surface area (Å²) in [6.07, 6.45) is 4.58. The fourth-order valence-corrected chi connectivity index (χ4v) is 2.51. The number of hydrogen-bond acceptors (Lipinski definition) is 2. The van der Waals surface area contributed by atoms with Crippen LogP contribution in [0.3, 0.4) is 0 Å². The van der Waals surface area contributed by atoms with E-state index in [0.717, 1.165) is 25.7 Å². The second-order valence-electron chi connectivity index (χ2n) is 5.06. The third-order valence-corrected chi connectivity index (χ3v) is 3.85. The maximum absolute atomic E-state index is 11.7. The van der Waals surface area contributed by atoms with Crippen molar-refractivity contribution in [1.29, 1.82) is 0 Å². The van der Waals surface area contributed by atoms with Crippen LogP contribution in [0, 0.1) is 17.8 Å². The lowest BCUT2D eigenvalue weighted by Gasteiger charge is -2.18. The van der Waals surface area contributed by atoms with Crippen LogP contribution in [0.15, 0.2) is 0 Å². The lowest BCUT2D eigenvalue weighted by atomic mass is 9.86. The van der Waals surface area contributed by atoms with Crippen LogP contribution in [-0.2, 0) is 9.59 Å². The average molecular weight is 226 g/mol. The number of carbonyl (C=O) groups excluding carboxylic acids is 1. The minimum absolute atomic E-state index is 0.0186. The molecule has 0 aromatic heterocycles. The highest BCUT2D eigenvalue weighted by molar-refractivity contribution is 5.84. The van der Waals surface area contributed by atoms with Crippen molar-refractivity contribution in [1.82, 2.24) is 0 Å². The number of hydrogen-bond donors (Lipinski definition) is 1. The Morgan fingerprint density at radius 3 is 2.81 bits per heavy atom. The van der Waals surface area contributed by atoms with Crippen molar-refractivity contribution in [2.45, 2.75) is 52.4 Å². The molecule has 3 atom stereocenters. The van der Waals surface area contributed by atoms with Gasteiger partial charge in [-0.3, -0.25) is 9.59 Å². The molecule has 3 nitrogen and oxygen atoms in total. The van der Waals surface area contributed by atoms with Crippen molar-refractivity contribution in [3.63, 3.8) is 0 Å². The Kier molecular flexibility index (Phi) is 4.97. The maximum Gasteiger partial charge on any atom is 0.303 e. The van der Waals surface area contributed by atoms with Gasteiger partial charge < -0.3 is 5.11 Å². The zero-order valence-corrected chi connectivity index (χ0v) is 10.2. The molecule has 0 aromatic carbocycles. The number of ketones is 1. The maximum atomic E-state index is 11.7. The Morgan fingerprint density at radius 1 is 1.56 bits per heavy atom. The van der Waals surface area contributed by atoms with E-state index in [4.69, 9.17) is 5.11 Å². The van der Waals surface area contributed by atoms with Crippen LogP contribution in [0.25, 0.3) is 0 Å². The highest BCUT2D eigenvalue weighted by Crippen LogP contribution is 2.35. The van der Waals surface area contributed by atoms with E-state index in [1.807, 2.05) is 0 Å². The Hall–Kier alpha value is -0.860. The third-order valence-electron chi connectivity index (χ3n) is 3.85. The summed E-state index contributed by atoms with van der Waals surface area (Å²) >= 11 is 0. The molecule has 3 unspecified atom stereocenters. The molecule has 1 aliphatic rings. The van der Waals surface area contributed by atoms with Crippen molar-refractivity contribution < 1.29 is 14.7 Å². The van der Waals surface area contributed by atoms with Crippen molar-refractivity contribution in [3.8, 4) is 0 Å². The van der Waals surface area contributed by atoms with E-state index in [1.54, 1.807) is 0 Å². The molecular weight excluding hydrogens is 204 g/mol. The fourth-order valence-electron chi connectivity index (χ4n) is 2.51. The summed E-state index contributed by atoms with van der Waals surface area (Å²) in [5, 5.41) is 8.79. The molecule has 1 fully saturated rings. The number of carboxylic acid groups (broad SMARTS) is 1. The van der Waals surface area contributed by atoms with Crippen LogP contribution in [-0.4, -0.2) is 16.9 Å². The van der Waals surface area contributed by atoms with Crippen molar-refractivity contribution in [3.05, 3.63) is 0 Å². The molecule has 0 bridgehead atoms. The van der Waals surface area contributed by atoms with Gasteiger partial charge in [0.25, 0.3) is 0 Å². The Morgan fingerprint density at radius 2 is 2.25 bits per heavy atom. The Labute approximate surface area is 97.2 Å². The topological polar surface area (TPSA) is 54.4 Å². The minimum Gasteiger partial charge on any atom is -0.481 e. The van der Waals surface area contributed by atoms with Crippen LogP contribution in [0.4, 0.5) is 0 Å². The van der Waals surface area contributed by atoms with Crippen molar-refractivity contribution in [2.75, 3.05) is 0 Å². The summed E-state index contributed by atoms with van der Waals surface area (Å²) in [5.74, 6) is 0.265. The molecule has 1 aliphatic carbocycles. The summed E-state index contributed by atoms with van der Waals surface area (Å²) in [5.41, 5.74) is 0. The number of carbonyl (C=O) groups is 2. The first-order valence-electron chi connectivity index (χ1n) is 6.29. The van der Waals surface area contributed by atoms with Gasteiger partial charge in [-0.2, -0.15) is 0 Å². The van der Waals surface area contributed by atoms with Gasteiger partial charge in [0, 0.05) is 18.8 Å². The Balaban J connectivity index is 2.46. The zero-order chi connectivity index (χ0) is 12.1. The molecule has 0 aromatic rings. The molecule has 0 radical (unpaired) electrons. The highest BCUT2D eigenvalue weighted by Gasteiger charge is 2.35. The lowest BCUT2D eigenvalue weighted by molar-refractivity contribution is -0.138. The number of carboxylic acids is 1. The molecule has 92 valence electrons. The summed E-state index contributed by atoms with van der Waals surface area (Å²) in [6.45, 7) is 4.33. The third kappa shape index (κ3) is 3.62. The predicted molar refractivity (Wildman–Crippen MR) is 62.2 cm³/mol. The number of Topliss-reactive ketones (excluding diaryl/α,β-unsaturated/α-hetero) is 1. The molecule has 3 heteroatoms. The summed E-state index contributed by atoms with van der Waals surface area (Å²) in [4.78, 5) is 22.4. The van der Waals surface area contributed by atoms with Gasteiger partial charge in [0.2, 0.25) is 0 Å². The van der Waals surface area contributed by atoms with Crippen LogP contribution in [0.2, 0.25) is 0 Å². The van der Waals surface area contributed by atoms with E-state index in [-0.39, 0.29) is 24.0 Å². The van der Waals surface area contributed by atoms with Crippen LogP contribution >= 0.6 is 0 Å². The minimum atomic E-state index is -0.770. The van der Waals surface area contributed by atoms with Crippen molar-refractivity contribution >= 4 is 11.8 Å². The van der Waals surface area contributed by atoms with Crippen LogP contribution in [0.1, 0.15) is 52.4 Å². The average Bonchev–Trinajstić information content (AvgIpc) is 2.56. The molecule has 1 saturated carbocycles. The molecule has 0 aliphatic heterocycles. The first-order chi connectivity index (χ1) is 7.54. The fraction of sp³-hybridized carbons (Fsp3) is 0.846. The Bertz CT molecular complexity index is 260. The van der Waals surface area contributed by atoms with Gasteiger partial charge in [-0.25, -0.2) is 0 Å². The smallest absolute Gasteiger partial charge is 0.303 e. The molecule has 0 spiro atoms.